The van der Waals surface area contributed by atoms with E-state index < -0.39 is 0 Å². The molecule has 1 aliphatic rings. The lowest BCUT2D eigenvalue weighted by Gasteiger charge is -2.32. The summed E-state index contributed by atoms with van der Waals surface area (Å²) in [6, 6.07) is 9.15. The Morgan fingerprint density at radius 2 is 1.70 bits per heavy atom. The molecule has 128 valence electrons. The maximum atomic E-state index is 12.0. The van der Waals surface area contributed by atoms with Gasteiger partial charge >= 0.3 is 0 Å². The Morgan fingerprint density at radius 3 is 2.22 bits per heavy atom. The SMILES string of the molecule is CCNC(=O)[C@@H](C)[NH+]1CC[NH+](Cc2ccc(C(C)C)cc2)CC1. The van der Waals surface area contributed by atoms with E-state index in [2.05, 4.69) is 50.4 Å². The van der Waals surface area contributed by atoms with Crippen LogP contribution in [0.5, 0.6) is 0 Å². The molecular weight excluding hydrogens is 286 g/mol. The molecule has 3 N–H and O–H groups in total. The minimum atomic E-state index is 0.0711. The van der Waals surface area contributed by atoms with Crippen molar-refractivity contribution in [2.75, 3.05) is 32.7 Å². The molecule has 4 heteroatoms. The van der Waals surface area contributed by atoms with E-state index >= 15 is 0 Å². The Balaban J connectivity index is 1.81. The Labute approximate surface area is 140 Å². The van der Waals surface area contributed by atoms with Crippen LogP contribution in [0.1, 0.15) is 44.7 Å². The summed E-state index contributed by atoms with van der Waals surface area (Å²) in [4.78, 5) is 15.0. The van der Waals surface area contributed by atoms with Crippen molar-refractivity contribution < 1.29 is 14.6 Å². The molecule has 1 saturated heterocycles. The molecule has 1 heterocycles. The number of likely N-dealkylation sites (N-methyl/N-ethyl adjacent to an activating group) is 1. The minimum Gasteiger partial charge on any atom is -0.351 e. The summed E-state index contributed by atoms with van der Waals surface area (Å²) in [5.74, 6) is 0.787. The summed E-state index contributed by atoms with van der Waals surface area (Å²) in [5.41, 5.74) is 2.83. The monoisotopic (exact) mass is 319 g/mol. The molecule has 1 aliphatic heterocycles. The molecule has 1 fully saturated rings. The van der Waals surface area contributed by atoms with Crippen molar-refractivity contribution in [3.05, 3.63) is 35.4 Å². The van der Waals surface area contributed by atoms with Crippen LogP contribution in [0.2, 0.25) is 0 Å². The fourth-order valence-electron chi connectivity index (χ4n) is 3.36. The molecule has 0 spiro atoms. The third-order valence-corrected chi connectivity index (χ3v) is 5.06. The van der Waals surface area contributed by atoms with Crippen LogP contribution in [-0.4, -0.2) is 44.7 Å². The van der Waals surface area contributed by atoms with Crippen molar-refractivity contribution in [3.8, 4) is 0 Å². The van der Waals surface area contributed by atoms with Gasteiger partial charge in [0.05, 0.1) is 0 Å². The van der Waals surface area contributed by atoms with Gasteiger partial charge in [0.25, 0.3) is 5.91 Å². The molecule has 0 saturated carbocycles. The van der Waals surface area contributed by atoms with Crippen LogP contribution in [0.15, 0.2) is 24.3 Å². The van der Waals surface area contributed by atoms with Gasteiger partial charge in [-0.25, -0.2) is 0 Å². The molecule has 0 radical (unpaired) electrons. The summed E-state index contributed by atoms with van der Waals surface area (Å²) >= 11 is 0. The standard InChI is InChI=1S/C19H31N3O/c1-5-20-19(23)16(4)22-12-10-21(11-13-22)14-17-6-8-18(9-7-17)15(2)3/h6-9,15-16H,5,10-14H2,1-4H3,(H,20,23)/p+2/t16-/m1/s1. The maximum absolute atomic E-state index is 12.0. The van der Waals surface area contributed by atoms with Gasteiger partial charge in [-0.15, -0.1) is 0 Å². The van der Waals surface area contributed by atoms with Gasteiger partial charge in [-0.1, -0.05) is 38.1 Å². The van der Waals surface area contributed by atoms with Crippen LogP contribution < -0.4 is 15.1 Å². The van der Waals surface area contributed by atoms with Crippen LogP contribution in [0, 0.1) is 0 Å². The summed E-state index contributed by atoms with van der Waals surface area (Å²) < 4.78 is 0. The quantitative estimate of drug-likeness (QED) is 0.657. The topological polar surface area (TPSA) is 38.0 Å². The first-order valence-electron chi connectivity index (χ1n) is 9.06. The van der Waals surface area contributed by atoms with Gasteiger partial charge in [0.15, 0.2) is 6.04 Å². The van der Waals surface area contributed by atoms with Crippen molar-refractivity contribution in [1.29, 1.82) is 0 Å². The summed E-state index contributed by atoms with van der Waals surface area (Å²) in [5, 5.41) is 2.94. The molecule has 0 aliphatic carbocycles. The highest BCUT2D eigenvalue weighted by Gasteiger charge is 2.30. The van der Waals surface area contributed by atoms with Gasteiger partial charge in [-0.05, 0) is 25.3 Å². The second-order valence-electron chi connectivity index (χ2n) is 7.10. The Bertz CT molecular complexity index is 490. The molecule has 23 heavy (non-hydrogen) atoms. The van der Waals surface area contributed by atoms with Crippen molar-refractivity contribution in [2.24, 2.45) is 0 Å². The maximum Gasteiger partial charge on any atom is 0.278 e. The fraction of sp³-hybridized carbons (Fsp3) is 0.632. The van der Waals surface area contributed by atoms with Crippen LogP contribution in [0.3, 0.4) is 0 Å². The zero-order valence-corrected chi connectivity index (χ0v) is 15.1. The number of benzene rings is 1. The first-order chi connectivity index (χ1) is 11.0. The van der Waals surface area contributed by atoms with Crippen LogP contribution in [0.25, 0.3) is 0 Å². The molecule has 1 amide bonds. The van der Waals surface area contributed by atoms with Gasteiger partial charge in [-0.3, -0.25) is 4.79 Å². The highest BCUT2D eigenvalue weighted by molar-refractivity contribution is 5.79. The van der Waals surface area contributed by atoms with E-state index in [-0.39, 0.29) is 11.9 Å². The van der Waals surface area contributed by atoms with Gasteiger partial charge in [0.1, 0.15) is 32.7 Å². The largest absolute Gasteiger partial charge is 0.351 e. The van der Waals surface area contributed by atoms with Crippen LogP contribution in [-0.2, 0) is 11.3 Å². The minimum absolute atomic E-state index is 0.0711. The molecule has 2 rings (SSSR count). The number of hydrogen-bond acceptors (Lipinski definition) is 1. The number of rotatable bonds is 6. The lowest BCUT2D eigenvalue weighted by atomic mass is 10.0. The number of quaternary nitrogens is 2. The van der Waals surface area contributed by atoms with Gasteiger partial charge < -0.3 is 15.1 Å². The second kappa shape index (κ2) is 8.46. The first kappa shape index (κ1) is 18.0. The van der Waals surface area contributed by atoms with E-state index in [0.29, 0.717) is 5.92 Å². The number of hydrogen-bond donors (Lipinski definition) is 3. The van der Waals surface area contributed by atoms with Crippen LogP contribution in [0.4, 0.5) is 0 Å². The second-order valence-corrected chi connectivity index (χ2v) is 7.10. The van der Waals surface area contributed by atoms with Gasteiger partial charge in [0, 0.05) is 12.1 Å². The van der Waals surface area contributed by atoms with E-state index in [1.807, 2.05) is 6.92 Å². The fourth-order valence-corrected chi connectivity index (χ4v) is 3.36. The molecule has 1 atom stereocenters. The Morgan fingerprint density at radius 1 is 1.09 bits per heavy atom. The van der Waals surface area contributed by atoms with Gasteiger partial charge in [-0.2, -0.15) is 0 Å². The Kier molecular flexibility index (Phi) is 6.60. The number of carbonyl (C=O) groups is 1. The molecule has 0 unspecified atom stereocenters. The third kappa shape index (κ3) is 5.05. The number of amides is 1. The zero-order chi connectivity index (χ0) is 16.8. The number of piperazine rings is 1. The normalized spacial score (nSPS) is 22.8. The number of nitrogens with one attached hydrogen (secondary N) is 3. The van der Waals surface area contributed by atoms with E-state index in [0.717, 1.165) is 39.3 Å². The Hall–Kier alpha value is -1.39. The third-order valence-electron chi connectivity index (χ3n) is 5.06. The zero-order valence-electron chi connectivity index (χ0n) is 15.1. The average molecular weight is 319 g/mol. The van der Waals surface area contributed by atoms with E-state index in [1.165, 1.54) is 16.0 Å². The number of carbonyl (C=O) groups excluding carboxylic acids is 1. The van der Waals surface area contributed by atoms with E-state index in [1.54, 1.807) is 4.90 Å². The lowest BCUT2D eigenvalue weighted by Crippen LogP contribution is -3.29. The molecule has 1 aromatic rings. The summed E-state index contributed by atoms with van der Waals surface area (Å²) in [6.45, 7) is 14.8. The van der Waals surface area contributed by atoms with Crippen molar-refractivity contribution in [2.45, 2.75) is 46.2 Å². The molecule has 0 aromatic heterocycles. The van der Waals surface area contributed by atoms with E-state index in [9.17, 15) is 4.79 Å². The summed E-state index contributed by atoms with van der Waals surface area (Å²) in [7, 11) is 0. The smallest absolute Gasteiger partial charge is 0.278 e. The van der Waals surface area contributed by atoms with Crippen LogP contribution >= 0.6 is 0 Å². The molecular formula is C19H33N3O+2. The predicted molar refractivity (Wildman–Crippen MR) is 93.8 cm³/mol. The highest BCUT2D eigenvalue weighted by atomic mass is 16.2. The van der Waals surface area contributed by atoms with Crippen molar-refractivity contribution in [3.63, 3.8) is 0 Å². The highest BCUT2D eigenvalue weighted by Crippen LogP contribution is 2.14. The van der Waals surface area contributed by atoms with Crippen molar-refractivity contribution in [1.82, 2.24) is 5.32 Å². The first-order valence-corrected chi connectivity index (χ1v) is 9.06. The van der Waals surface area contributed by atoms with E-state index in [4.69, 9.17) is 0 Å². The molecule has 0 bridgehead atoms. The predicted octanol–water partition coefficient (Wildman–Crippen LogP) is -0.382. The molecule has 1 aromatic carbocycles. The van der Waals surface area contributed by atoms with Gasteiger partial charge in [0.2, 0.25) is 0 Å². The van der Waals surface area contributed by atoms with Crippen molar-refractivity contribution >= 4 is 5.91 Å². The molecule has 4 nitrogen and oxygen atoms in total. The average Bonchev–Trinajstić information content (AvgIpc) is 2.55. The summed E-state index contributed by atoms with van der Waals surface area (Å²) in [6.07, 6.45) is 0. The lowest BCUT2D eigenvalue weighted by molar-refractivity contribution is -1.02.